The summed E-state index contributed by atoms with van der Waals surface area (Å²) in [6.07, 6.45) is 0.458. The lowest BCUT2D eigenvalue weighted by Crippen LogP contribution is -2.40. The molecular weight excluding hydrogens is 464 g/mol. The summed E-state index contributed by atoms with van der Waals surface area (Å²) in [7, 11) is 1.60. The molecule has 36 heavy (non-hydrogen) atoms. The molecule has 0 aliphatic carbocycles. The highest BCUT2D eigenvalue weighted by atomic mass is 16.7. The van der Waals surface area contributed by atoms with Gasteiger partial charge in [0.15, 0.2) is 11.5 Å². The van der Waals surface area contributed by atoms with Crippen molar-refractivity contribution in [3.05, 3.63) is 53.6 Å². The number of hydrogen-bond donors (Lipinski definition) is 1. The maximum atomic E-state index is 12.7. The Hall–Kier alpha value is -3.46. The van der Waals surface area contributed by atoms with Crippen LogP contribution in [0.1, 0.15) is 43.4 Å². The number of methoxy groups -OCH3 is 1. The molecule has 4 rings (SSSR count). The Morgan fingerprint density at radius 2 is 1.78 bits per heavy atom. The van der Waals surface area contributed by atoms with Gasteiger partial charge in [-0.15, -0.1) is 0 Å². The molecule has 3 atom stereocenters. The fourth-order valence-corrected chi connectivity index (χ4v) is 5.17. The number of carbonyl (C=O) groups excluding carboxylic acids is 1. The molecule has 194 valence electrons. The molecular formula is C27H34N2O7. The second-order valence-electron chi connectivity index (χ2n) is 8.98. The summed E-state index contributed by atoms with van der Waals surface area (Å²) in [5.74, 6) is 0.173. The number of aliphatic carboxylic acids is 1. The van der Waals surface area contributed by atoms with E-state index in [4.69, 9.17) is 18.9 Å². The Morgan fingerprint density at radius 1 is 1.06 bits per heavy atom. The van der Waals surface area contributed by atoms with E-state index in [9.17, 15) is 14.7 Å². The number of rotatable bonds is 10. The van der Waals surface area contributed by atoms with E-state index in [1.807, 2.05) is 49.4 Å². The average molecular weight is 499 g/mol. The third kappa shape index (κ3) is 5.36. The van der Waals surface area contributed by atoms with Gasteiger partial charge in [-0.2, -0.15) is 0 Å². The number of carbonyl (C=O) groups is 2. The number of likely N-dealkylation sites (tertiary alicyclic amines) is 1. The summed E-state index contributed by atoms with van der Waals surface area (Å²) in [6.45, 7) is 6.33. The average Bonchev–Trinajstić information content (AvgIpc) is 3.51. The zero-order valence-electron chi connectivity index (χ0n) is 21.0. The quantitative estimate of drug-likeness (QED) is 0.522. The SMILES string of the molecule is CCCN(CCN1CC(c2ccc3c(c2)OCO3)[C@H](C(=O)O)[C@H]1c1ccc(OC)cc1)C(=O)OCC. The standard InChI is InChI=1S/C27H34N2O7/c1-4-12-28(27(32)34-5-2)13-14-29-16-21(19-8-11-22-23(15-19)36-17-35-22)24(26(30)31)25(29)18-6-9-20(33-3)10-7-18/h6-11,15,21,24-25H,4-5,12-14,16-17H2,1-3H3,(H,30,31)/t21?,24-,25+/m0/s1. The molecule has 0 spiro atoms. The van der Waals surface area contributed by atoms with Crippen LogP contribution in [0.4, 0.5) is 4.79 Å². The molecule has 0 radical (unpaired) electrons. The maximum absolute atomic E-state index is 12.7. The number of nitrogens with zero attached hydrogens (tertiary/aromatic N) is 2. The van der Waals surface area contributed by atoms with Crippen LogP contribution in [0, 0.1) is 5.92 Å². The highest BCUT2D eigenvalue weighted by molar-refractivity contribution is 5.74. The highest BCUT2D eigenvalue weighted by Gasteiger charge is 2.47. The van der Waals surface area contributed by atoms with Gasteiger partial charge in [-0.3, -0.25) is 9.69 Å². The number of hydrogen-bond acceptors (Lipinski definition) is 7. The first-order valence-corrected chi connectivity index (χ1v) is 12.4. The third-order valence-corrected chi connectivity index (χ3v) is 6.84. The van der Waals surface area contributed by atoms with Gasteiger partial charge >= 0.3 is 12.1 Å². The van der Waals surface area contributed by atoms with Gasteiger partial charge in [0.1, 0.15) is 5.75 Å². The van der Waals surface area contributed by atoms with Crippen molar-refractivity contribution in [1.82, 2.24) is 9.80 Å². The van der Waals surface area contributed by atoms with Crippen LogP contribution >= 0.6 is 0 Å². The first-order valence-electron chi connectivity index (χ1n) is 12.4. The Bertz CT molecular complexity index is 1060. The van der Waals surface area contributed by atoms with Gasteiger partial charge in [0.2, 0.25) is 6.79 Å². The fourth-order valence-electron chi connectivity index (χ4n) is 5.17. The molecule has 2 heterocycles. The summed E-state index contributed by atoms with van der Waals surface area (Å²) < 4.78 is 21.5. The fraction of sp³-hybridized carbons (Fsp3) is 0.481. The highest BCUT2D eigenvalue weighted by Crippen LogP contribution is 2.47. The number of amides is 1. The maximum Gasteiger partial charge on any atom is 0.409 e. The van der Waals surface area contributed by atoms with Gasteiger partial charge in [0, 0.05) is 38.1 Å². The number of benzene rings is 2. The van der Waals surface area contributed by atoms with Crippen LogP contribution in [0.2, 0.25) is 0 Å². The van der Waals surface area contributed by atoms with Crippen molar-refractivity contribution in [2.45, 2.75) is 32.2 Å². The minimum absolute atomic E-state index is 0.160. The van der Waals surface area contributed by atoms with E-state index in [-0.39, 0.29) is 24.8 Å². The van der Waals surface area contributed by atoms with Crippen LogP contribution in [0.5, 0.6) is 17.2 Å². The Balaban J connectivity index is 1.66. The molecule has 2 aliphatic rings. The zero-order valence-corrected chi connectivity index (χ0v) is 21.0. The van der Waals surface area contributed by atoms with Crippen LogP contribution in [0.15, 0.2) is 42.5 Å². The molecule has 1 unspecified atom stereocenters. The second kappa shape index (κ2) is 11.5. The summed E-state index contributed by atoms with van der Waals surface area (Å²) >= 11 is 0. The lowest BCUT2D eigenvalue weighted by atomic mass is 9.82. The van der Waals surface area contributed by atoms with Crippen molar-refractivity contribution in [2.24, 2.45) is 5.92 Å². The van der Waals surface area contributed by atoms with Crippen molar-refractivity contribution in [2.75, 3.05) is 46.7 Å². The Morgan fingerprint density at radius 3 is 2.44 bits per heavy atom. The molecule has 1 N–H and O–H groups in total. The smallest absolute Gasteiger partial charge is 0.409 e. The second-order valence-corrected chi connectivity index (χ2v) is 8.98. The van der Waals surface area contributed by atoms with E-state index in [0.717, 1.165) is 17.5 Å². The molecule has 1 fully saturated rings. The van der Waals surface area contributed by atoms with Crippen LogP contribution in [-0.4, -0.2) is 73.7 Å². The molecule has 9 nitrogen and oxygen atoms in total. The van der Waals surface area contributed by atoms with Gasteiger partial charge in [0.05, 0.1) is 19.6 Å². The van der Waals surface area contributed by atoms with Gasteiger partial charge in [-0.1, -0.05) is 25.1 Å². The summed E-state index contributed by atoms with van der Waals surface area (Å²) in [5.41, 5.74) is 1.79. The van der Waals surface area contributed by atoms with E-state index in [1.165, 1.54) is 0 Å². The van der Waals surface area contributed by atoms with Crippen molar-refractivity contribution in [3.8, 4) is 17.2 Å². The van der Waals surface area contributed by atoms with E-state index < -0.39 is 11.9 Å². The van der Waals surface area contributed by atoms with Crippen LogP contribution in [-0.2, 0) is 9.53 Å². The Labute approximate surface area is 211 Å². The number of carboxylic acids is 1. The summed E-state index contributed by atoms with van der Waals surface area (Å²) in [6, 6.07) is 12.8. The largest absolute Gasteiger partial charge is 0.497 e. The molecule has 2 aromatic carbocycles. The molecule has 0 aromatic heterocycles. The molecule has 0 bridgehead atoms. The van der Waals surface area contributed by atoms with Gasteiger partial charge in [-0.25, -0.2) is 4.79 Å². The molecule has 2 aromatic rings. The van der Waals surface area contributed by atoms with Gasteiger partial charge < -0.3 is 29.0 Å². The Kier molecular flexibility index (Phi) is 8.20. The first kappa shape index (κ1) is 25.6. The number of fused-ring (bicyclic) bond motifs is 1. The van der Waals surface area contributed by atoms with E-state index >= 15 is 0 Å². The predicted octanol–water partition coefficient (Wildman–Crippen LogP) is 4.13. The van der Waals surface area contributed by atoms with Crippen molar-refractivity contribution >= 4 is 12.1 Å². The molecule has 2 aliphatic heterocycles. The normalized spacial score (nSPS) is 20.8. The van der Waals surface area contributed by atoms with Gasteiger partial charge in [-0.05, 0) is 48.7 Å². The summed E-state index contributed by atoms with van der Waals surface area (Å²) in [5, 5.41) is 10.4. The van der Waals surface area contributed by atoms with Gasteiger partial charge in [0.25, 0.3) is 0 Å². The van der Waals surface area contributed by atoms with Crippen LogP contribution in [0.25, 0.3) is 0 Å². The predicted molar refractivity (Wildman–Crippen MR) is 133 cm³/mol. The molecule has 9 heteroatoms. The zero-order chi connectivity index (χ0) is 25.7. The molecule has 1 saturated heterocycles. The van der Waals surface area contributed by atoms with E-state index in [2.05, 4.69) is 4.90 Å². The monoisotopic (exact) mass is 498 g/mol. The topological polar surface area (TPSA) is 97.8 Å². The summed E-state index contributed by atoms with van der Waals surface area (Å²) in [4.78, 5) is 29.0. The molecule has 1 amide bonds. The third-order valence-electron chi connectivity index (χ3n) is 6.84. The van der Waals surface area contributed by atoms with Crippen LogP contribution in [0.3, 0.4) is 0 Å². The number of ether oxygens (including phenoxy) is 4. The van der Waals surface area contributed by atoms with Crippen LogP contribution < -0.4 is 14.2 Å². The van der Waals surface area contributed by atoms with E-state index in [1.54, 1.807) is 18.9 Å². The minimum atomic E-state index is -0.864. The van der Waals surface area contributed by atoms with Crippen molar-refractivity contribution < 1.29 is 33.6 Å². The minimum Gasteiger partial charge on any atom is -0.497 e. The van der Waals surface area contributed by atoms with Crippen molar-refractivity contribution in [1.29, 1.82) is 0 Å². The first-order chi connectivity index (χ1) is 17.5. The number of carboxylic acid groups (broad SMARTS) is 1. The molecule has 0 saturated carbocycles. The lowest BCUT2D eigenvalue weighted by molar-refractivity contribution is -0.143. The van der Waals surface area contributed by atoms with E-state index in [0.29, 0.717) is 50.0 Å². The van der Waals surface area contributed by atoms with Crippen molar-refractivity contribution in [3.63, 3.8) is 0 Å². The lowest BCUT2D eigenvalue weighted by Gasteiger charge is -2.30.